The number of nitrogens with one attached hydrogen (secondary N) is 2. The number of hydrogen-bond donors (Lipinski definition) is 2. The number of carbonyl (C=O) groups is 3. The van der Waals surface area contributed by atoms with Crippen LogP contribution in [-0.2, 0) is 14.3 Å². The Morgan fingerprint density at radius 3 is 2.74 bits per heavy atom. The van der Waals surface area contributed by atoms with Crippen LogP contribution in [0, 0.1) is 23.2 Å². The van der Waals surface area contributed by atoms with Crippen molar-refractivity contribution in [2.24, 2.45) is 23.2 Å². The van der Waals surface area contributed by atoms with Crippen LogP contribution in [0.4, 0.5) is 0 Å². The third-order valence-corrected chi connectivity index (χ3v) is 7.32. The standard InChI is InChI=1S/C24H32N2O5/c1-5-30-22(29)19(14(2)3)25-21(28)17-12-15-10-11-23(17,4)13-24(15)26-20(27)16-8-6-7-9-18(16)31-24/h6-9,14-15,17,19H,5,10-13H2,1-4H3,(H,25,28)(H,26,27)/t15-,17-,19+,23+,24-/m0/s1. The van der Waals surface area contributed by atoms with E-state index in [-0.39, 0.29) is 41.6 Å². The lowest BCUT2D eigenvalue weighted by atomic mass is 9.52. The summed E-state index contributed by atoms with van der Waals surface area (Å²) in [5.74, 6) is -0.316. The Bertz CT molecular complexity index is 900. The van der Waals surface area contributed by atoms with Crippen LogP contribution in [0.5, 0.6) is 5.75 Å². The topological polar surface area (TPSA) is 93.7 Å². The van der Waals surface area contributed by atoms with Gasteiger partial charge in [0.2, 0.25) is 5.91 Å². The van der Waals surface area contributed by atoms with E-state index in [1.807, 2.05) is 32.0 Å². The number of benzene rings is 1. The molecule has 2 bridgehead atoms. The predicted octanol–water partition coefficient (Wildman–Crippen LogP) is 3.04. The second-order valence-electron chi connectivity index (χ2n) is 9.78. The smallest absolute Gasteiger partial charge is 0.328 e. The Labute approximate surface area is 183 Å². The summed E-state index contributed by atoms with van der Waals surface area (Å²) in [5, 5.41) is 6.09. The average Bonchev–Trinajstić information content (AvgIpc) is 2.71. The van der Waals surface area contributed by atoms with Crippen LogP contribution in [0.2, 0.25) is 0 Å². The molecule has 3 aliphatic carbocycles. The number of hydrogen-bond acceptors (Lipinski definition) is 5. The molecular formula is C24H32N2O5. The van der Waals surface area contributed by atoms with Crippen LogP contribution in [-0.4, -0.2) is 36.2 Å². The summed E-state index contributed by atoms with van der Waals surface area (Å²) in [5.41, 5.74) is -0.578. The molecule has 3 fully saturated rings. The molecule has 3 saturated carbocycles. The molecule has 1 aliphatic heterocycles. The average molecular weight is 429 g/mol. The van der Waals surface area contributed by atoms with Crippen molar-refractivity contribution in [1.29, 1.82) is 0 Å². The minimum absolute atomic E-state index is 0.0301. The van der Waals surface area contributed by atoms with E-state index in [4.69, 9.17) is 9.47 Å². The number of carbonyl (C=O) groups excluding carboxylic acids is 3. The summed E-state index contributed by atoms with van der Waals surface area (Å²) < 4.78 is 11.6. The van der Waals surface area contributed by atoms with Crippen molar-refractivity contribution in [3.05, 3.63) is 29.8 Å². The Morgan fingerprint density at radius 2 is 2.06 bits per heavy atom. The molecule has 4 aliphatic rings. The quantitative estimate of drug-likeness (QED) is 0.703. The highest BCUT2D eigenvalue weighted by molar-refractivity contribution is 5.98. The molecule has 168 valence electrons. The molecule has 2 N–H and O–H groups in total. The molecule has 0 radical (unpaired) electrons. The van der Waals surface area contributed by atoms with Crippen LogP contribution in [0.25, 0.3) is 0 Å². The molecule has 0 aromatic heterocycles. The van der Waals surface area contributed by atoms with E-state index in [9.17, 15) is 14.4 Å². The first-order valence-corrected chi connectivity index (χ1v) is 11.3. The van der Waals surface area contributed by atoms with Crippen molar-refractivity contribution in [3.8, 4) is 5.75 Å². The third kappa shape index (κ3) is 3.68. The minimum Gasteiger partial charge on any atom is -0.467 e. The fourth-order valence-corrected chi connectivity index (χ4v) is 5.64. The normalized spacial score (nSPS) is 32.1. The second kappa shape index (κ2) is 7.84. The zero-order chi connectivity index (χ0) is 22.4. The highest BCUT2D eigenvalue weighted by Gasteiger charge is 2.62. The molecule has 1 heterocycles. The summed E-state index contributed by atoms with van der Waals surface area (Å²) >= 11 is 0. The third-order valence-electron chi connectivity index (χ3n) is 7.32. The maximum absolute atomic E-state index is 13.3. The van der Waals surface area contributed by atoms with E-state index < -0.39 is 17.7 Å². The lowest BCUT2D eigenvalue weighted by Crippen LogP contribution is -2.69. The molecule has 2 amide bonds. The second-order valence-corrected chi connectivity index (χ2v) is 9.78. The lowest BCUT2D eigenvalue weighted by Gasteiger charge is -2.59. The van der Waals surface area contributed by atoms with E-state index in [0.29, 0.717) is 24.2 Å². The fourth-order valence-electron chi connectivity index (χ4n) is 5.64. The first kappa shape index (κ1) is 21.7. The van der Waals surface area contributed by atoms with Gasteiger partial charge in [0, 0.05) is 18.3 Å². The van der Waals surface area contributed by atoms with Gasteiger partial charge in [-0.3, -0.25) is 9.59 Å². The Balaban J connectivity index is 1.54. The summed E-state index contributed by atoms with van der Waals surface area (Å²) in [6.45, 7) is 7.93. The molecular weight excluding hydrogens is 396 g/mol. The Hall–Kier alpha value is -2.57. The number of amides is 2. The monoisotopic (exact) mass is 428 g/mol. The zero-order valence-electron chi connectivity index (χ0n) is 18.7. The summed E-state index contributed by atoms with van der Waals surface area (Å²) in [7, 11) is 0. The number of esters is 1. The molecule has 0 unspecified atom stereocenters. The molecule has 7 nitrogen and oxygen atoms in total. The number of fused-ring (bicyclic) bond motifs is 3. The van der Waals surface area contributed by atoms with Gasteiger partial charge in [0.25, 0.3) is 5.91 Å². The van der Waals surface area contributed by atoms with E-state index >= 15 is 0 Å². The first-order valence-electron chi connectivity index (χ1n) is 11.3. The van der Waals surface area contributed by atoms with E-state index in [1.165, 1.54) is 0 Å². The molecule has 5 atom stereocenters. The van der Waals surface area contributed by atoms with Crippen LogP contribution in [0.3, 0.4) is 0 Å². The SMILES string of the molecule is CCOC(=O)[C@H](NC(=O)[C@@H]1C[C@@H]2CC[C@]1(C)C[C@@]21NC(=O)c2ccccc2O1)C(C)C. The molecule has 1 spiro atoms. The van der Waals surface area contributed by atoms with E-state index in [0.717, 1.165) is 12.8 Å². The van der Waals surface area contributed by atoms with Crippen molar-refractivity contribution in [2.45, 2.75) is 65.1 Å². The van der Waals surface area contributed by atoms with Crippen molar-refractivity contribution in [3.63, 3.8) is 0 Å². The van der Waals surface area contributed by atoms with Crippen LogP contribution >= 0.6 is 0 Å². The van der Waals surface area contributed by atoms with Gasteiger partial charge >= 0.3 is 5.97 Å². The summed E-state index contributed by atoms with van der Waals surface area (Å²) in [6.07, 6.45) is 2.94. The molecule has 0 saturated heterocycles. The summed E-state index contributed by atoms with van der Waals surface area (Å²) in [6, 6.07) is 6.62. The largest absolute Gasteiger partial charge is 0.467 e. The van der Waals surface area contributed by atoms with Crippen LogP contribution in [0.1, 0.15) is 63.7 Å². The first-order chi connectivity index (χ1) is 14.7. The van der Waals surface area contributed by atoms with E-state index in [1.54, 1.807) is 13.0 Å². The van der Waals surface area contributed by atoms with Crippen molar-refractivity contribution in [1.82, 2.24) is 10.6 Å². The highest BCUT2D eigenvalue weighted by Crippen LogP contribution is 2.58. The number of para-hydroxylation sites is 1. The van der Waals surface area contributed by atoms with Crippen molar-refractivity contribution < 1.29 is 23.9 Å². The highest BCUT2D eigenvalue weighted by atomic mass is 16.5. The van der Waals surface area contributed by atoms with Gasteiger partial charge in [0.05, 0.1) is 12.2 Å². The van der Waals surface area contributed by atoms with Crippen LogP contribution < -0.4 is 15.4 Å². The molecule has 1 aromatic carbocycles. The van der Waals surface area contributed by atoms with Gasteiger partial charge in [-0.1, -0.05) is 32.9 Å². The Morgan fingerprint density at radius 1 is 1.32 bits per heavy atom. The van der Waals surface area contributed by atoms with Gasteiger partial charge in [0.1, 0.15) is 11.8 Å². The van der Waals surface area contributed by atoms with Gasteiger partial charge in [-0.05, 0) is 49.7 Å². The maximum Gasteiger partial charge on any atom is 0.328 e. The number of ether oxygens (including phenoxy) is 2. The van der Waals surface area contributed by atoms with E-state index in [2.05, 4.69) is 17.6 Å². The van der Waals surface area contributed by atoms with Gasteiger partial charge in [-0.25, -0.2) is 4.79 Å². The molecule has 7 heteroatoms. The molecule has 1 aromatic rings. The van der Waals surface area contributed by atoms with Crippen molar-refractivity contribution in [2.75, 3.05) is 6.61 Å². The van der Waals surface area contributed by atoms with Crippen LogP contribution in [0.15, 0.2) is 24.3 Å². The van der Waals surface area contributed by atoms with Gasteiger partial charge in [-0.2, -0.15) is 0 Å². The Kier molecular flexibility index (Phi) is 5.48. The van der Waals surface area contributed by atoms with Gasteiger partial charge in [-0.15, -0.1) is 0 Å². The lowest BCUT2D eigenvalue weighted by molar-refractivity contribution is -0.169. The summed E-state index contributed by atoms with van der Waals surface area (Å²) in [4.78, 5) is 38.4. The number of rotatable bonds is 5. The predicted molar refractivity (Wildman–Crippen MR) is 114 cm³/mol. The minimum atomic E-state index is -0.784. The van der Waals surface area contributed by atoms with Gasteiger partial charge in [0.15, 0.2) is 5.72 Å². The fraction of sp³-hybridized carbons (Fsp3) is 0.625. The molecule has 5 rings (SSSR count). The maximum atomic E-state index is 13.3. The van der Waals surface area contributed by atoms with Gasteiger partial charge < -0.3 is 20.1 Å². The zero-order valence-corrected chi connectivity index (χ0v) is 18.7. The van der Waals surface area contributed by atoms with Crippen molar-refractivity contribution >= 4 is 17.8 Å². The molecule has 31 heavy (non-hydrogen) atoms.